The van der Waals surface area contributed by atoms with Crippen molar-refractivity contribution in [1.82, 2.24) is 3.97 Å². The van der Waals surface area contributed by atoms with Crippen molar-refractivity contribution in [3.8, 4) is 5.88 Å². The molecule has 0 bridgehead atoms. The normalized spacial score (nSPS) is 17.1. The lowest BCUT2D eigenvalue weighted by molar-refractivity contribution is 0.251. The van der Waals surface area contributed by atoms with Gasteiger partial charge in [-0.05, 0) is 12.1 Å². The quantitative estimate of drug-likeness (QED) is 0.617. The summed E-state index contributed by atoms with van der Waals surface area (Å²) < 4.78 is 33.2. The maximum absolute atomic E-state index is 11.7. The monoisotopic (exact) mass is 344 g/mol. The van der Waals surface area contributed by atoms with Crippen molar-refractivity contribution in [2.75, 3.05) is 0 Å². The van der Waals surface area contributed by atoms with Gasteiger partial charge in [-0.1, -0.05) is 36.4 Å². The minimum Gasteiger partial charge on any atom is -0.493 e. The number of aromatic hydroxyl groups is 1. The number of hydrogen-bond donors (Lipinski definition) is 3. The standard InChI is InChI=1S/C16H12N2O5S/c19-15-9-5-1-3-7-11(9)17-14(15)13-10-6-2-4-8-12(10)18(16(13)20)24(21,22)23/h1-8,15,19-20H,(H,21,22,23). The van der Waals surface area contributed by atoms with E-state index in [0.29, 0.717) is 20.6 Å². The van der Waals surface area contributed by atoms with Gasteiger partial charge in [0, 0.05) is 10.9 Å². The van der Waals surface area contributed by atoms with Gasteiger partial charge in [0.2, 0.25) is 5.88 Å². The van der Waals surface area contributed by atoms with Crippen LogP contribution in [0.15, 0.2) is 53.5 Å². The Labute approximate surface area is 137 Å². The van der Waals surface area contributed by atoms with Gasteiger partial charge in [0.1, 0.15) is 6.10 Å². The molecule has 4 rings (SSSR count). The summed E-state index contributed by atoms with van der Waals surface area (Å²) in [7, 11) is -4.72. The fourth-order valence-electron chi connectivity index (χ4n) is 3.04. The van der Waals surface area contributed by atoms with Crippen molar-refractivity contribution in [3.05, 3.63) is 59.7 Å². The first-order valence-electron chi connectivity index (χ1n) is 7.06. The first kappa shape index (κ1) is 14.9. The van der Waals surface area contributed by atoms with E-state index in [1.807, 2.05) is 0 Å². The molecule has 1 aliphatic rings. The first-order chi connectivity index (χ1) is 11.4. The molecule has 2 aromatic carbocycles. The first-order valence-corrected chi connectivity index (χ1v) is 8.45. The molecule has 0 saturated heterocycles. The van der Waals surface area contributed by atoms with E-state index in [4.69, 9.17) is 0 Å². The van der Waals surface area contributed by atoms with E-state index < -0.39 is 22.3 Å². The molecule has 0 radical (unpaired) electrons. The largest absolute Gasteiger partial charge is 0.493 e. The molecular formula is C16H12N2O5S. The fourth-order valence-corrected chi connectivity index (χ4v) is 3.75. The molecule has 3 aromatic rings. The smallest absolute Gasteiger partial charge is 0.366 e. The van der Waals surface area contributed by atoms with Gasteiger partial charge >= 0.3 is 10.3 Å². The maximum atomic E-state index is 11.7. The van der Waals surface area contributed by atoms with Crippen molar-refractivity contribution in [2.45, 2.75) is 6.10 Å². The van der Waals surface area contributed by atoms with Crippen LogP contribution in [-0.2, 0) is 10.3 Å². The molecule has 7 nitrogen and oxygen atoms in total. The Morgan fingerprint density at radius 2 is 1.71 bits per heavy atom. The van der Waals surface area contributed by atoms with Crippen LogP contribution in [0, 0.1) is 0 Å². The Morgan fingerprint density at radius 1 is 1.04 bits per heavy atom. The van der Waals surface area contributed by atoms with Crippen molar-refractivity contribution < 1.29 is 23.2 Å². The molecular weight excluding hydrogens is 332 g/mol. The Kier molecular flexibility index (Phi) is 3.04. The van der Waals surface area contributed by atoms with Crippen molar-refractivity contribution in [1.29, 1.82) is 0 Å². The Hall–Kier alpha value is -2.68. The summed E-state index contributed by atoms with van der Waals surface area (Å²) in [5.41, 5.74) is 1.41. The van der Waals surface area contributed by atoms with Gasteiger partial charge in [-0.3, -0.25) is 4.55 Å². The SMILES string of the molecule is O=S(=O)(O)n1c(O)c(C2=Nc3ccccc3C2O)c2ccccc21. The lowest BCUT2D eigenvalue weighted by Gasteiger charge is -2.08. The van der Waals surface area contributed by atoms with Crippen molar-refractivity contribution in [2.24, 2.45) is 4.99 Å². The van der Waals surface area contributed by atoms with Crippen LogP contribution in [0.3, 0.4) is 0 Å². The zero-order valence-corrected chi connectivity index (χ0v) is 13.0. The van der Waals surface area contributed by atoms with Gasteiger partial charge < -0.3 is 10.2 Å². The fraction of sp³-hybridized carbons (Fsp3) is 0.0625. The highest BCUT2D eigenvalue weighted by atomic mass is 32.2. The number of para-hydroxylation sites is 2. The topological polar surface area (TPSA) is 112 Å². The molecule has 0 aliphatic carbocycles. The molecule has 1 unspecified atom stereocenters. The molecule has 1 aromatic heterocycles. The van der Waals surface area contributed by atoms with E-state index in [1.54, 1.807) is 42.5 Å². The van der Waals surface area contributed by atoms with Gasteiger partial charge in [-0.25, -0.2) is 4.99 Å². The number of benzene rings is 2. The lowest BCUT2D eigenvalue weighted by atomic mass is 10.0. The molecule has 0 amide bonds. The van der Waals surface area contributed by atoms with E-state index in [1.165, 1.54) is 6.07 Å². The van der Waals surface area contributed by atoms with E-state index >= 15 is 0 Å². The number of hydrogen-bond acceptors (Lipinski definition) is 5. The second-order valence-electron chi connectivity index (χ2n) is 5.42. The summed E-state index contributed by atoms with van der Waals surface area (Å²) in [5, 5.41) is 21.3. The van der Waals surface area contributed by atoms with Crippen molar-refractivity contribution in [3.63, 3.8) is 0 Å². The summed E-state index contributed by atoms with van der Waals surface area (Å²) in [4.78, 5) is 4.33. The zero-order valence-electron chi connectivity index (χ0n) is 12.2. The molecule has 0 saturated carbocycles. The van der Waals surface area contributed by atoms with Gasteiger partial charge in [-0.15, -0.1) is 0 Å². The number of fused-ring (bicyclic) bond motifs is 2. The molecule has 1 aliphatic heterocycles. The summed E-state index contributed by atoms with van der Waals surface area (Å²) in [5.74, 6) is -0.690. The summed E-state index contributed by atoms with van der Waals surface area (Å²) in [6.07, 6.45) is -1.10. The third-order valence-electron chi connectivity index (χ3n) is 4.03. The lowest BCUT2D eigenvalue weighted by Crippen LogP contribution is -2.12. The van der Waals surface area contributed by atoms with Gasteiger partial charge in [0.15, 0.2) is 0 Å². The molecule has 2 heterocycles. The van der Waals surface area contributed by atoms with E-state index in [0.717, 1.165) is 0 Å². The molecule has 0 spiro atoms. The highest BCUT2D eigenvalue weighted by Gasteiger charge is 2.33. The van der Waals surface area contributed by atoms with E-state index in [9.17, 15) is 23.2 Å². The highest BCUT2D eigenvalue weighted by Crippen LogP contribution is 2.41. The van der Waals surface area contributed by atoms with E-state index in [2.05, 4.69) is 4.99 Å². The summed E-state index contributed by atoms with van der Waals surface area (Å²) >= 11 is 0. The third kappa shape index (κ3) is 1.97. The second kappa shape index (κ2) is 4.91. The number of nitrogens with zero attached hydrogens (tertiary/aromatic N) is 2. The molecule has 122 valence electrons. The average Bonchev–Trinajstić information content (AvgIpc) is 3.01. The minimum atomic E-state index is -4.72. The number of aliphatic hydroxyl groups excluding tert-OH is 1. The number of aromatic nitrogens is 1. The third-order valence-corrected chi connectivity index (χ3v) is 4.86. The summed E-state index contributed by atoms with van der Waals surface area (Å²) in [6.45, 7) is 0. The van der Waals surface area contributed by atoms with Gasteiger partial charge in [0.05, 0.1) is 22.5 Å². The summed E-state index contributed by atoms with van der Waals surface area (Å²) in [6, 6.07) is 13.2. The van der Waals surface area contributed by atoms with Gasteiger partial charge in [-0.2, -0.15) is 12.4 Å². The van der Waals surface area contributed by atoms with Gasteiger partial charge in [0.25, 0.3) is 0 Å². The number of aliphatic hydroxyl groups is 1. The predicted molar refractivity (Wildman–Crippen MR) is 88.1 cm³/mol. The molecule has 3 N–H and O–H groups in total. The molecule has 24 heavy (non-hydrogen) atoms. The Balaban J connectivity index is 2.05. The highest BCUT2D eigenvalue weighted by molar-refractivity contribution is 7.84. The zero-order chi connectivity index (χ0) is 17.1. The van der Waals surface area contributed by atoms with Crippen LogP contribution in [-0.4, -0.2) is 32.9 Å². The number of aliphatic imine (C=N–C) groups is 1. The van der Waals surface area contributed by atoms with Crippen LogP contribution in [0.1, 0.15) is 17.2 Å². The Morgan fingerprint density at radius 3 is 2.42 bits per heavy atom. The average molecular weight is 344 g/mol. The van der Waals surface area contributed by atoms with Crippen LogP contribution >= 0.6 is 0 Å². The Bertz CT molecular complexity index is 1110. The van der Waals surface area contributed by atoms with Crippen LogP contribution in [0.5, 0.6) is 5.88 Å². The molecule has 1 atom stereocenters. The maximum Gasteiger partial charge on any atom is 0.366 e. The molecule has 8 heteroatoms. The van der Waals surface area contributed by atoms with Crippen molar-refractivity contribution >= 4 is 32.6 Å². The van der Waals surface area contributed by atoms with Crippen LogP contribution in [0.2, 0.25) is 0 Å². The van der Waals surface area contributed by atoms with Crippen LogP contribution in [0.4, 0.5) is 5.69 Å². The predicted octanol–water partition coefficient (Wildman–Crippen LogP) is 2.17. The number of rotatable bonds is 2. The minimum absolute atomic E-state index is 0.0759. The second-order valence-corrected chi connectivity index (χ2v) is 6.68. The van der Waals surface area contributed by atoms with Crippen LogP contribution in [0.25, 0.3) is 10.9 Å². The molecule has 0 fully saturated rings. The van der Waals surface area contributed by atoms with Crippen LogP contribution < -0.4 is 0 Å². The van der Waals surface area contributed by atoms with E-state index in [-0.39, 0.29) is 16.8 Å².